The van der Waals surface area contributed by atoms with Crippen LogP contribution in [-0.4, -0.2) is 11.5 Å². The Hall–Kier alpha value is -2.09. The molecule has 0 saturated heterocycles. The van der Waals surface area contributed by atoms with E-state index in [-0.39, 0.29) is 12.4 Å². The minimum Gasteiger partial charge on any atom is -0.383 e. The van der Waals surface area contributed by atoms with Crippen LogP contribution in [0.15, 0.2) is 30.3 Å². The van der Waals surface area contributed by atoms with Crippen LogP contribution in [0.3, 0.4) is 0 Å². The van der Waals surface area contributed by atoms with Crippen molar-refractivity contribution in [2.75, 3.05) is 12.3 Å². The molecule has 1 saturated carbocycles. The van der Waals surface area contributed by atoms with E-state index < -0.39 is 0 Å². The average Bonchev–Trinajstić information content (AvgIpc) is 3.10. The van der Waals surface area contributed by atoms with E-state index in [2.05, 4.69) is 29.3 Å². The van der Waals surface area contributed by atoms with E-state index in [0.29, 0.717) is 23.8 Å². The molecule has 126 valence electrons. The van der Waals surface area contributed by atoms with Gasteiger partial charge < -0.3 is 11.5 Å². The summed E-state index contributed by atoms with van der Waals surface area (Å²) in [5, 5.41) is 9.47. The highest BCUT2D eigenvalue weighted by Crippen LogP contribution is 2.37. The third-order valence-electron chi connectivity index (χ3n) is 4.65. The number of nitrogens with zero attached hydrogens (tertiary/aromatic N) is 2. The molecule has 1 aromatic heterocycles. The van der Waals surface area contributed by atoms with Crippen molar-refractivity contribution in [2.45, 2.75) is 38.0 Å². The van der Waals surface area contributed by atoms with Gasteiger partial charge in [-0.05, 0) is 43.0 Å². The van der Waals surface area contributed by atoms with E-state index in [1.54, 1.807) is 0 Å². The van der Waals surface area contributed by atoms with Gasteiger partial charge in [-0.25, -0.2) is 4.98 Å². The molecule has 4 N–H and O–H groups in total. The van der Waals surface area contributed by atoms with Gasteiger partial charge in [-0.1, -0.05) is 37.1 Å². The minimum absolute atomic E-state index is 0. The topological polar surface area (TPSA) is 88.7 Å². The molecule has 4 nitrogen and oxygen atoms in total. The number of nitriles is 1. The van der Waals surface area contributed by atoms with E-state index in [9.17, 15) is 5.26 Å². The lowest BCUT2D eigenvalue weighted by Gasteiger charge is -2.14. The number of benzene rings is 1. The van der Waals surface area contributed by atoms with Crippen LogP contribution in [0.25, 0.3) is 11.1 Å². The zero-order valence-corrected chi connectivity index (χ0v) is 14.5. The van der Waals surface area contributed by atoms with Gasteiger partial charge in [0.1, 0.15) is 17.5 Å². The molecular formula is C19H23ClN4. The maximum absolute atomic E-state index is 9.47. The van der Waals surface area contributed by atoms with Crippen LogP contribution in [-0.2, 0) is 6.42 Å². The first-order valence-corrected chi connectivity index (χ1v) is 8.23. The number of hydrogen-bond acceptors (Lipinski definition) is 4. The van der Waals surface area contributed by atoms with Gasteiger partial charge in [0.25, 0.3) is 0 Å². The average molecular weight is 343 g/mol. The zero-order chi connectivity index (χ0) is 16.2. The molecule has 0 spiro atoms. The van der Waals surface area contributed by atoms with Crippen molar-refractivity contribution < 1.29 is 0 Å². The van der Waals surface area contributed by atoms with Gasteiger partial charge in [0, 0.05) is 17.2 Å². The molecule has 1 aromatic carbocycles. The lowest BCUT2D eigenvalue weighted by atomic mass is 9.95. The Kier molecular flexibility index (Phi) is 6.19. The Morgan fingerprint density at radius 3 is 2.42 bits per heavy atom. The highest BCUT2D eigenvalue weighted by molar-refractivity contribution is 5.85. The van der Waals surface area contributed by atoms with Gasteiger partial charge in [0.05, 0.1) is 0 Å². The third kappa shape index (κ3) is 3.69. The van der Waals surface area contributed by atoms with Crippen molar-refractivity contribution in [3.8, 4) is 17.2 Å². The zero-order valence-electron chi connectivity index (χ0n) is 13.7. The monoisotopic (exact) mass is 342 g/mol. The summed E-state index contributed by atoms with van der Waals surface area (Å²) in [4.78, 5) is 4.50. The summed E-state index contributed by atoms with van der Waals surface area (Å²) in [6.45, 7) is 0.636. The molecule has 0 atom stereocenters. The van der Waals surface area contributed by atoms with Crippen molar-refractivity contribution >= 4 is 18.2 Å². The summed E-state index contributed by atoms with van der Waals surface area (Å²) >= 11 is 0. The largest absolute Gasteiger partial charge is 0.383 e. The van der Waals surface area contributed by atoms with E-state index in [4.69, 9.17) is 11.5 Å². The van der Waals surface area contributed by atoms with Crippen LogP contribution in [0.1, 0.15) is 48.4 Å². The fourth-order valence-electron chi connectivity index (χ4n) is 3.38. The molecule has 0 bridgehead atoms. The molecule has 2 aromatic rings. The van der Waals surface area contributed by atoms with E-state index in [0.717, 1.165) is 36.1 Å². The van der Waals surface area contributed by atoms with E-state index in [1.165, 1.54) is 18.4 Å². The SMILES string of the molecule is Cl.N#Cc1c(-c2ccc(CCN)cc2)cc(C2CCCC2)nc1N. The van der Waals surface area contributed by atoms with Crippen molar-refractivity contribution in [2.24, 2.45) is 5.73 Å². The maximum atomic E-state index is 9.47. The number of nitrogen functional groups attached to an aromatic ring is 1. The first kappa shape index (κ1) is 18.3. The lowest BCUT2D eigenvalue weighted by Crippen LogP contribution is -2.05. The van der Waals surface area contributed by atoms with Crippen LogP contribution >= 0.6 is 12.4 Å². The molecular weight excluding hydrogens is 320 g/mol. The standard InChI is InChI=1S/C19H22N4.ClH/c20-10-9-13-5-7-14(8-6-13)16-11-18(15-3-1-2-4-15)23-19(22)17(16)12-21;/h5-8,11,15H,1-4,9-10,20H2,(H2,22,23);1H. The lowest BCUT2D eigenvalue weighted by molar-refractivity contribution is 0.699. The normalized spacial score (nSPS) is 14.2. The number of anilines is 1. The molecule has 24 heavy (non-hydrogen) atoms. The van der Waals surface area contributed by atoms with Gasteiger partial charge in [-0.2, -0.15) is 5.26 Å². The second-order valence-corrected chi connectivity index (χ2v) is 6.18. The Labute approximate surface area is 149 Å². The fraction of sp³-hybridized carbons (Fsp3) is 0.368. The summed E-state index contributed by atoms with van der Waals surface area (Å²) in [5.74, 6) is 0.818. The van der Waals surface area contributed by atoms with Gasteiger partial charge >= 0.3 is 0 Å². The molecule has 5 heteroatoms. The van der Waals surface area contributed by atoms with Crippen LogP contribution in [0.5, 0.6) is 0 Å². The molecule has 0 radical (unpaired) electrons. The summed E-state index contributed by atoms with van der Waals surface area (Å²) in [6.07, 6.45) is 5.67. The Morgan fingerprint density at radius 1 is 1.17 bits per heavy atom. The molecule has 0 amide bonds. The molecule has 0 unspecified atom stereocenters. The van der Waals surface area contributed by atoms with Crippen molar-refractivity contribution in [3.63, 3.8) is 0 Å². The van der Waals surface area contributed by atoms with Gasteiger partial charge in [0.15, 0.2) is 0 Å². The number of aromatic nitrogens is 1. The molecule has 1 fully saturated rings. The second-order valence-electron chi connectivity index (χ2n) is 6.18. The van der Waals surface area contributed by atoms with Crippen molar-refractivity contribution in [1.29, 1.82) is 5.26 Å². The second kappa shape index (κ2) is 8.14. The predicted octanol–water partition coefficient (Wildman–Crippen LogP) is 3.78. The van der Waals surface area contributed by atoms with Gasteiger partial charge in [0.2, 0.25) is 0 Å². The molecule has 0 aliphatic heterocycles. The maximum Gasteiger partial charge on any atom is 0.142 e. The highest BCUT2D eigenvalue weighted by Gasteiger charge is 2.21. The summed E-state index contributed by atoms with van der Waals surface area (Å²) in [5.41, 5.74) is 16.3. The molecule has 1 aliphatic rings. The Bertz CT molecular complexity index is 728. The van der Waals surface area contributed by atoms with Crippen LogP contribution in [0.2, 0.25) is 0 Å². The predicted molar refractivity (Wildman–Crippen MR) is 100 cm³/mol. The summed E-state index contributed by atoms with van der Waals surface area (Å²) in [7, 11) is 0. The molecule has 3 rings (SSSR count). The number of halogens is 1. The summed E-state index contributed by atoms with van der Waals surface area (Å²) < 4.78 is 0. The first-order valence-electron chi connectivity index (χ1n) is 8.23. The van der Waals surface area contributed by atoms with Crippen LogP contribution in [0.4, 0.5) is 5.82 Å². The third-order valence-corrected chi connectivity index (χ3v) is 4.65. The molecule has 1 heterocycles. The van der Waals surface area contributed by atoms with E-state index in [1.807, 2.05) is 12.1 Å². The van der Waals surface area contributed by atoms with Crippen molar-refractivity contribution in [1.82, 2.24) is 4.98 Å². The van der Waals surface area contributed by atoms with Crippen molar-refractivity contribution in [3.05, 3.63) is 47.2 Å². The Balaban J connectivity index is 0.00000208. The number of pyridine rings is 1. The quantitative estimate of drug-likeness (QED) is 0.884. The number of hydrogen-bond donors (Lipinski definition) is 2. The van der Waals surface area contributed by atoms with Crippen LogP contribution < -0.4 is 11.5 Å². The van der Waals surface area contributed by atoms with Crippen LogP contribution in [0, 0.1) is 11.3 Å². The fourth-order valence-corrected chi connectivity index (χ4v) is 3.38. The number of nitrogens with two attached hydrogens (primary N) is 2. The number of rotatable bonds is 4. The molecule has 1 aliphatic carbocycles. The highest BCUT2D eigenvalue weighted by atomic mass is 35.5. The van der Waals surface area contributed by atoms with Gasteiger partial charge in [-0.3, -0.25) is 0 Å². The minimum atomic E-state index is 0. The first-order chi connectivity index (χ1) is 11.2. The Morgan fingerprint density at radius 2 is 1.83 bits per heavy atom. The summed E-state index contributed by atoms with van der Waals surface area (Å²) in [6, 6.07) is 12.5. The smallest absolute Gasteiger partial charge is 0.142 e. The van der Waals surface area contributed by atoms with Gasteiger partial charge in [-0.15, -0.1) is 12.4 Å². The van der Waals surface area contributed by atoms with E-state index >= 15 is 0 Å².